The van der Waals surface area contributed by atoms with Crippen molar-refractivity contribution in [1.82, 2.24) is 10.2 Å². The summed E-state index contributed by atoms with van der Waals surface area (Å²) in [6.07, 6.45) is 1.72. The van der Waals surface area contributed by atoms with Crippen molar-refractivity contribution >= 4 is 33.3 Å². The Hall–Kier alpha value is -3.40. The number of anilines is 1. The number of carbonyl (C=O) groups excluding carboxylic acids is 3. The first kappa shape index (κ1) is 28.8. The molecule has 0 aliphatic heterocycles. The Bertz CT molecular complexity index is 1180. The lowest BCUT2D eigenvalue weighted by atomic mass is 10.1. The first-order valence-electron chi connectivity index (χ1n) is 11.7. The number of nitrogens with zero attached hydrogens (tertiary/aromatic N) is 2. The SMILES string of the molecule is CC[C@H](C)NC(=O)[C@H](C)N(Cc1ccc(OC)cc1)C(=O)CN(c1cccc(C(C)=O)c1)S(C)(=O)=O. The lowest BCUT2D eigenvalue weighted by molar-refractivity contribution is -0.139. The number of amides is 2. The molecule has 1 N–H and O–H groups in total. The largest absolute Gasteiger partial charge is 0.497 e. The molecule has 10 heteroatoms. The molecule has 2 atom stereocenters. The Morgan fingerprint density at radius 3 is 2.22 bits per heavy atom. The third kappa shape index (κ3) is 7.81. The maximum atomic E-state index is 13.6. The molecule has 36 heavy (non-hydrogen) atoms. The predicted molar refractivity (Wildman–Crippen MR) is 140 cm³/mol. The van der Waals surface area contributed by atoms with Gasteiger partial charge in [-0.15, -0.1) is 0 Å². The Morgan fingerprint density at radius 2 is 1.69 bits per heavy atom. The molecule has 0 unspecified atom stereocenters. The van der Waals surface area contributed by atoms with Crippen LogP contribution in [-0.2, 0) is 26.2 Å². The van der Waals surface area contributed by atoms with E-state index in [0.717, 1.165) is 22.5 Å². The molecule has 0 saturated heterocycles. The third-order valence-electron chi connectivity index (χ3n) is 5.90. The van der Waals surface area contributed by atoms with Crippen molar-refractivity contribution < 1.29 is 27.5 Å². The summed E-state index contributed by atoms with van der Waals surface area (Å²) in [7, 11) is -2.33. The molecule has 0 aliphatic rings. The van der Waals surface area contributed by atoms with Crippen LogP contribution in [-0.4, -0.2) is 62.9 Å². The normalized spacial score (nSPS) is 12.8. The number of hydrogen-bond acceptors (Lipinski definition) is 6. The number of nitrogens with one attached hydrogen (secondary N) is 1. The topological polar surface area (TPSA) is 113 Å². The van der Waals surface area contributed by atoms with E-state index in [1.165, 1.54) is 24.0 Å². The van der Waals surface area contributed by atoms with Gasteiger partial charge in [0.2, 0.25) is 21.8 Å². The van der Waals surface area contributed by atoms with Gasteiger partial charge in [0.25, 0.3) is 0 Å². The number of ketones is 1. The lowest BCUT2D eigenvalue weighted by Crippen LogP contribution is -2.52. The van der Waals surface area contributed by atoms with Crippen LogP contribution in [0.2, 0.25) is 0 Å². The van der Waals surface area contributed by atoms with Crippen molar-refractivity contribution in [2.45, 2.75) is 52.7 Å². The molecule has 0 fully saturated rings. The van der Waals surface area contributed by atoms with Crippen LogP contribution < -0.4 is 14.4 Å². The Balaban J connectivity index is 2.42. The number of rotatable bonds is 12. The highest BCUT2D eigenvalue weighted by molar-refractivity contribution is 7.92. The molecular formula is C26H35N3O6S. The molecule has 0 saturated carbocycles. The lowest BCUT2D eigenvalue weighted by Gasteiger charge is -2.32. The minimum atomic E-state index is -3.88. The number of carbonyl (C=O) groups is 3. The van der Waals surface area contributed by atoms with Gasteiger partial charge >= 0.3 is 0 Å². The van der Waals surface area contributed by atoms with Crippen molar-refractivity contribution in [3.05, 3.63) is 59.7 Å². The van der Waals surface area contributed by atoms with Gasteiger partial charge in [-0.25, -0.2) is 8.42 Å². The van der Waals surface area contributed by atoms with Crippen LogP contribution in [0.5, 0.6) is 5.75 Å². The minimum absolute atomic E-state index is 0.0836. The molecule has 196 valence electrons. The van der Waals surface area contributed by atoms with Crippen molar-refractivity contribution in [1.29, 1.82) is 0 Å². The first-order valence-corrected chi connectivity index (χ1v) is 13.5. The van der Waals surface area contributed by atoms with Crippen molar-refractivity contribution in [3.8, 4) is 5.75 Å². The molecule has 2 rings (SSSR count). The minimum Gasteiger partial charge on any atom is -0.497 e. The monoisotopic (exact) mass is 517 g/mol. The van der Waals surface area contributed by atoms with Crippen LogP contribution >= 0.6 is 0 Å². The summed E-state index contributed by atoms with van der Waals surface area (Å²) in [6.45, 7) is 6.35. The van der Waals surface area contributed by atoms with Crippen LogP contribution in [0.15, 0.2) is 48.5 Å². The Morgan fingerprint density at radius 1 is 1.06 bits per heavy atom. The molecule has 0 bridgehead atoms. The van der Waals surface area contributed by atoms with Gasteiger partial charge in [-0.3, -0.25) is 18.7 Å². The van der Waals surface area contributed by atoms with Gasteiger partial charge in [0.05, 0.1) is 19.1 Å². The van der Waals surface area contributed by atoms with Gasteiger partial charge in [-0.2, -0.15) is 0 Å². The second-order valence-corrected chi connectivity index (χ2v) is 10.6. The number of hydrogen-bond donors (Lipinski definition) is 1. The van der Waals surface area contributed by atoms with Crippen molar-refractivity contribution in [3.63, 3.8) is 0 Å². The fourth-order valence-electron chi connectivity index (χ4n) is 3.47. The van der Waals surface area contributed by atoms with Gasteiger partial charge < -0.3 is 15.0 Å². The van der Waals surface area contributed by atoms with E-state index in [9.17, 15) is 22.8 Å². The van der Waals surface area contributed by atoms with Gasteiger partial charge in [-0.05, 0) is 57.0 Å². The highest BCUT2D eigenvalue weighted by Crippen LogP contribution is 2.21. The number of ether oxygens (including phenoxy) is 1. The number of benzene rings is 2. The second-order valence-electron chi connectivity index (χ2n) is 8.74. The van der Waals surface area contributed by atoms with Crippen molar-refractivity contribution in [2.24, 2.45) is 0 Å². The fourth-order valence-corrected chi connectivity index (χ4v) is 4.31. The van der Waals surface area contributed by atoms with Crippen molar-refractivity contribution in [2.75, 3.05) is 24.2 Å². The maximum Gasteiger partial charge on any atom is 0.244 e. The Kier molecular flexibility index (Phi) is 10.0. The van der Waals surface area contributed by atoms with Crippen LogP contribution in [0, 0.1) is 0 Å². The molecule has 0 aromatic heterocycles. The van der Waals surface area contributed by atoms with Gasteiger partial charge in [0, 0.05) is 18.2 Å². The standard InChI is InChI=1S/C26H35N3O6S/c1-7-18(2)27-26(32)19(3)28(16-21-11-13-24(35-5)14-12-21)25(31)17-29(36(6,33)34)23-10-8-9-22(15-23)20(4)30/h8-15,18-19H,7,16-17H2,1-6H3,(H,27,32)/t18-,19-/m0/s1. The zero-order chi connectivity index (χ0) is 27.0. The van der Waals surface area contributed by atoms with Gasteiger partial charge in [-0.1, -0.05) is 31.2 Å². The van der Waals surface area contributed by atoms with Gasteiger partial charge in [0.1, 0.15) is 18.3 Å². The van der Waals surface area contributed by atoms with E-state index < -0.39 is 28.5 Å². The first-order chi connectivity index (χ1) is 16.9. The number of methoxy groups -OCH3 is 1. The molecule has 0 spiro atoms. The van der Waals surface area contributed by atoms with E-state index in [0.29, 0.717) is 11.3 Å². The van der Waals surface area contributed by atoms with E-state index in [1.807, 2.05) is 13.8 Å². The molecule has 2 aromatic carbocycles. The highest BCUT2D eigenvalue weighted by Gasteiger charge is 2.30. The number of sulfonamides is 1. The second kappa shape index (κ2) is 12.5. The summed E-state index contributed by atoms with van der Waals surface area (Å²) in [5.41, 5.74) is 1.27. The molecule has 0 heterocycles. The quantitative estimate of drug-likeness (QED) is 0.433. The summed E-state index contributed by atoms with van der Waals surface area (Å²) >= 11 is 0. The van der Waals surface area contributed by atoms with E-state index in [1.54, 1.807) is 50.4 Å². The molecule has 0 aliphatic carbocycles. The molecule has 2 aromatic rings. The summed E-state index contributed by atoms with van der Waals surface area (Å²) < 4.78 is 31.5. The third-order valence-corrected chi connectivity index (χ3v) is 7.04. The fraction of sp³-hybridized carbons (Fsp3) is 0.423. The van der Waals surface area contributed by atoms with E-state index in [-0.39, 0.29) is 30.0 Å². The predicted octanol–water partition coefficient (Wildman–Crippen LogP) is 3.00. The Labute approximate surface area is 213 Å². The zero-order valence-corrected chi connectivity index (χ0v) is 22.5. The summed E-state index contributed by atoms with van der Waals surface area (Å²) in [4.78, 5) is 39.7. The molecule has 2 amide bonds. The summed E-state index contributed by atoms with van der Waals surface area (Å²) in [5, 5.41) is 2.88. The summed E-state index contributed by atoms with van der Waals surface area (Å²) in [5.74, 6) is -0.479. The van der Waals surface area contributed by atoms with Crippen LogP contribution in [0.25, 0.3) is 0 Å². The zero-order valence-electron chi connectivity index (χ0n) is 21.6. The van der Waals surface area contributed by atoms with E-state index >= 15 is 0 Å². The number of Topliss-reactive ketones (excluding diaryl/α,β-unsaturated/α-hetero) is 1. The molecule has 9 nitrogen and oxygen atoms in total. The molecule has 0 radical (unpaired) electrons. The smallest absolute Gasteiger partial charge is 0.244 e. The van der Waals surface area contributed by atoms with Crippen LogP contribution in [0.4, 0.5) is 5.69 Å². The average Bonchev–Trinajstić information content (AvgIpc) is 2.84. The average molecular weight is 518 g/mol. The van der Waals surface area contributed by atoms with E-state index in [4.69, 9.17) is 4.74 Å². The van der Waals surface area contributed by atoms with Crippen LogP contribution in [0.3, 0.4) is 0 Å². The molecular weight excluding hydrogens is 482 g/mol. The van der Waals surface area contributed by atoms with Crippen LogP contribution in [0.1, 0.15) is 50.0 Å². The highest BCUT2D eigenvalue weighted by atomic mass is 32.2. The maximum absolute atomic E-state index is 13.6. The van der Waals surface area contributed by atoms with E-state index in [2.05, 4.69) is 5.32 Å². The summed E-state index contributed by atoms with van der Waals surface area (Å²) in [6, 6.07) is 12.2. The van der Waals surface area contributed by atoms with Gasteiger partial charge in [0.15, 0.2) is 5.78 Å².